The summed E-state index contributed by atoms with van der Waals surface area (Å²) in [5.74, 6) is 0.0709. The van der Waals surface area contributed by atoms with E-state index in [1.165, 1.54) is 5.56 Å². The Bertz CT molecular complexity index is 488. The minimum Gasteiger partial charge on any atom is -0.316 e. The van der Waals surface area contributed by atoms with Crippen LogP contribution in [0.5, 0.6) is 0 Å². The molecule has 2 nitrogen and oxygen atoms in total. The van der Waals surface area contributed by atoms with Crippen LogP contribution in [-0.4, -0.2) is 12.8 Å². The summed E-state index contributed by atoms with van der Waals surface area (Å²) < 4.78 is 0. The Morgan fingerprint density at radius 2 is 1.53 bits per heavy atom. The first-order chi connectivity index (χ1) is 8.31. The highest BCUT2D eigenvalue weighted by molar-refractivity contribution is 6.08. The summed E-state index contributed by atoms with van der Waals surface area (Å²) in [5.41, 5.74) is 2.64. The van der Waals surface area contributed by atoms with Crippen molar-refractivity contribution in [3.05, 3.63) is 71.3 Å². The number of ketones is 1. The van der Waals surface area contributed by atoms with Crippen molar-refractivity contribution in [3.8, 4) is 0 Å². The smallest absolute Gasteiger partial charge is 0.193 e. The van der Waals surface area contributed by atoms with Crippen molar-refractivity contribution in [1.29, 1.82) is 0 Å². The number of nitrogens with one attached hydrogen (secondary N) is 1. The van der Waals surface area contributed by atoms with E-state index >= 15 is 0 Å². The van der Waals surface area contributed by atoms with Crippen LogP contribution >= 0.6 is 0 Å². The first kappa shape index (κ1) is 11.6. The molecule has 0 aliphatic rings. The monoisotopic (exact) mass is 225 g/mol. The van der Waals surface area contributed by atoms with Crippen LogP contribution in [0, 0.1) is 0 Å². The van der Waals surface area contributed by atoms with Crippen LogP contribution in [-0.2, 0) is 6.54 Å². The largest absolute Gasteiger partial charge is 0.316 e. The van der Waals surface area contributed by atoms with Crippen molar-refractivity contribution in [2.75, 3.05) is 7.05 Å². The molecule has 0 amide bonds. The summed E-state index contributed by atoms with van der Waals surface area (Å²) in [4.78, 5) is 12.1. The first-order valence-corrected chi connectivity index (χ1v) is 5.64. The molecule has 0 bridgehead atoms. The van der Waals surface area contributed by atoms with E-state index in [0.29, 0.717) is 0 Å². The molecule has 0 heterocycles. The van der Waals surface area contributed by atoms with Gasteiger partial charge in [0, 0.05) is 17.7 Å². The molecule has 0 fully saturated rings. The normalized spacial score (nSPS) is 10.2. The molecule has 2 rings (SSSR count). The highest BCUT2D eigenvalue weighted by Gasteiger charge is 2.07. The first-order valence-electron chi connectivity index (χ1n) is 5.64. The molecule has 2 aromatic carbocycles. The summed E-state index contributed by atoms with van der Waals surface area (Å²) in [6.45, 7) is 0.819. The minimum atomic E-state index is 0.0709. The third-order valence-electron chi connectivity index (χ3n) is 2.63. The van der Waals surface area contributed by atoms with Gasteiger partial charge in [-0.05, 0) is 12.6 Å². The van der Waals surface area contributed by atoms with Gasteiger partial charge >= 0.3 is 0 Å². The van der Waals surface area contributed by atoms with Crippen molar-refractivity contribution in [2.45, 2.75) is 6.54 Å². The van der Waals surface area contributed by atoms with Gasteiger partial charge < -0.3 is 5.32 Å². The molecule has 0 atom stereocenters. The average molecular weight is 225 g/mol. The van der Waals surface area contributed by atoms with E-state index in [4.69, 9.17) is 0 Å². The molecule has 0 radical (unpaired) electrons. The lowest BCUT2D eigenvalue weighted by Gasteiger charge is -2.03. The van der Waals surface area contributed by atoms with Gasteiger partial charge in [0.15, 0.2) is 5.78 Å². The van der Waals surface area contributed by atoms with Gasteiger partial charge in [-0.2, -0.15) is 0 Å². The Morgan fingerprint density at radius 3 is 2.12 bits per heavy atom. The predicted molar refractivity (Wildman–Crippen MR) is 69.1 cm³/mol. The molecule has 0 spiro atoms. The molecule has 2 aromatic rings. The molecule has 0 aliphatic carbocycles. The Morgan fingerprint density at radius 1 is 0.941 bits per heavy atom. The number of carbonyl (C=O) groups excluding carboxylic acids is 1. The van der Waals surface area contributed by atoms with Crippen LogP contribution in [0.1, 0.15) is 21.5 Å². The lowest BCUT2D eigenvalue weighted by molar-refractivity contribution is 0.103. The van der Waals surface area contributed by atoms with E-state index in [9.17, 15) is 4.79 Å². The summed E-state index contributed by atoms with van der Waals surface area (Å²) in [5, 5.41) is 3.08. The van der Waals surface area contributed by atoms with Crippen molar-refractivity contribution in [1.82, 2.24) is 5.32 Å². The summed E-state index contributed by atoms with van der Waals surface area (Å²) in [6.07, 6.45) is 0. The topological polar surface area (TPSA) is 29.1 Å². The van der Waals surface area contributed by atoms with Gasteiger partial charge in [0.25, 0.3) is 0 Å². The number of rotatable bonds is 4. The number of hydrogen-bond donors (Lipinski definition) is 1. The van der Waals surface area contributed by atoms with Crippen LogP contribution < -0.4 is 5.32 Å². The van der Waals surface area contributed by atoms with E-state index in [1.807, 2.05) is 61.6 Å². The zero-order valence-corrected chi connectivity index (χ0v) is 9.81. The zero-order chi connectivity index (χ0) is 12.1. The SMILES string of the molecule is CNCc1ccc(C(=O)c2ccccc2)cc1. The lowest BCUT2D eigenvalue weighted by atomic mass is 10.0. The molecule has 1 N–H and O–H groups in total. The van der Waals surface area contributed by atoms with Gasteiger partial charge in [-0.3, -0.25) is 4.79 Å². The van der Waals surface area contributed by atoms with Crippen molar-refractivity contribution in [3.63, 3.8) is 0 Å². The Balaban J connectivity index is 2.20. The van der Waals surface area contributed by atoms with Crippen LogP contribution in [0.4, 0.5) is 0 Å². The quantitative estimate of drug-likeness (QED) is 0.810. The van der Waals surface area contributed by atoms with Gasteiger partial charge in [-0.15, -0.1) is 0 Å². The van der Waals surface area contributed by atoms with Crippen molar-refractivity contribution in [2.24, 2.45) is 0 Å². The van der Waals surface area contributed by atoms with Gasteiger partial charge in [0.1, 0.15) is 0 Å². The maximum Gasteiger partial charge on any atom is 0.193 e. The molecule has 0 aliphatic heterocycles. The minimum absolute atomic E-state index is 0.0709. The standard InChI is InChI=1S/C15H15NO/c1-16-11-12-7-9-14(10-8-12)15(17)13-5-3-2-4-6-13/h2-10,16H,11H2,1H3. The summed E-state index contributed by atoms with van der Waals surface area (Å²) in [7, 11) is 1.91. The molecular formula is C15H15NO. The molecule has 0 saturated heterocycles. The summed E-state index contributed by atoms with van der Waals surface area (Å²) in [6, 6.07) is 17.1. The Hall–Kier alpha value is -1.93. The number of benzene rings is 2. The second-order valence-electron chi connectivity index (χ2n) is 3.92. The van der Waals surface area contributed by atoms with Crippen LogP contribution in [0.15, 0.2) is 54.6 Å². The highest BCUT2D eigenvalue weighted by atomic mass is 16.1. The fourth-order valence-corrected chi connectivity index (χ4v) is 1.73. The second kappa shape index (κ2) is 5.41. The molecule has 86 valence electrons. The van der Waals surface area contributed by atoms with E-state index < -0.39 is 0 Å². The Labute approximate surface area is 101 Å². The van der Waals surface area contributed by atoms with Gasteiger partial charge in [-0.1, -0.05) is 54.6 Å². The van der Waals surface area contributed by atoms with Gasteiger partial charge in [0.05, 0.1) is 0 Å². The van der Waals surface area contributed by atoms with Crippen molar-refractivity contribution >= 4 is 5.78 Å². The molecule has 2 heteroatoms. The van der Waals surface area contributed by atoms with Crippen LogP contribution in [0.2, 0.25) is 0 Å². The van der Waals surface area contributed by atoms with E-state index in [0.717, 1.165) is 17.7 Å². The maximum atomic E-state index is 12.1. The molecular weight excluding hydrogens is 210 g/mol. The molecule has 17 heavy (non-hydrogen) atoms. The van der Waals surface area contributed by atoms with Crippen LogP contribution in [0.25, 0.3) is 0 Å². The van der Waals surface area contributed by atoms with E-state index in [1.54, 1.807) is 0 Å². The second-order valence-corrected chi connectivity index (χ2v) is 3.92. The average Bonchev–Trinajstić information content (AvgIpc) is 2.40. The maximum absolute atomic E-state index is 12.1. The van der Waals surface area contributed by atoms with E-state index in [2.05, 4.69) is 5.32 Å². The lowest BCUT2D eigenvalue weighted by Crippen LogP contribution is -2.06. The van der Waals surface area contributed by atoms with Crippen LogP contribution in [0.3, 0.4) is 0 Å². The molecule has 0 unspecified atom stereocenters. The predicted octanol–water partition coefficient (Wildman–Crippen LogP) is 2.64. The summed E-state index contributed by atoms with van der Waals surface area (Å²) >= 11 is 0. The third kappa shape index (κ3) is 2.80. The third-order valence-corrected chi connectivity index (χ3v) is 2.63. The number of carbonyl (C=O) groups is 1. The Kier molecular flexibility index (Phi) is 3.68. The molecule has 0 aromatic heterocycles. The van der Waals surface area contributed by atoms with Gasteiger partial charge in [-0.25, -0.2) is 0 Å². The fraction of sp³-hybridized carbons (Fsp3) is 0.133. The van der Waals surface area contributed by atoms with Gasteiger partial charge in [0.2, 0.25) is 0 Å². The van der Waals surface area contributed by atoms with E-state index in [-0.39, 0.29) is 5.78 Å². The molecule has 0 saturated carbocycles. The highest BCUT2D eigenvalue weighted by Crippen LogP contribution is 2.10. The number of hydrogen-bond acceptors (Lipinski definition) is 2. The zero-order valence-electron chi connectivity index (χ0n) is 9.81. The fourth-order valence-electron chi connectivity index (χ4n) is 1.73. The van der Waals surface area contributed by atoms with Crippen molar-refractivity contribution < 1.29 is 4.79 Å².